The SMILES string of the molecule is OC1(CC2CC2)CCCc2ccccc21. The zero-order valence-electron chi connectivity index (χ0n) is 9.08. The van der Waals surface area contributed by atoms with E-state index in [1.807, 2.05) is 0 Å². The van der Waals surface area contributed by atoms with E-state index in [1.54, 1.807) is 0 Å². The maximum absolute atomic E-state index is 10.7. The third-order valence-corrected chi connectivity index (χ3v) is 3.88. The highest BCUT2D eigenvalue weighted by Gasteiger charge is 2.39. The Labute approximate surface area is 91.1 Å². The summed E-state index contributed by atoms with van der Waals surface area (Å²) in [4.78, 5) is 0. The van der Waals surface area contributed by atoms with Gasteiger partial charge in [0, 0.05) is 0 Å². The lowest BCUT2D eigenvalue weighted by Gasteiger charge is -2.34. The number of rotatable bonds is 2. The molecule has 1 saturated carbocycles. The lowest BCUT2D eigenvalue weighted by Crippen LogP contribution is -2.31. The van der Waals surface area contributed by atoms with E-state index in [-0.39, 0.29) is 0 Å². The fraction of sp³-hybridized carbons (Fsp3) is 0.571. The molecular formula is C14H18O. The van der Waals surface area contributed by atoms with Crippen molar-refractivity contribution in [3.05, 3.63) is 35.4 Å². The zero-order chi connectivity index (χ0) is 10.3. The van der Waals surface area contributed by atoms with Gasteiger partial charge in [0.25, 0.3) is 0 Å². The molecule has 80 valence electrons. The molecule has 0 spiro atoms. The van der Waals surface area contributed by atoms with Crippen molar-refractivity contribution in [3.8, 4) is 0 Å². The predicted octanol–water partition coefficient (Wildman–Crippen LogP) is 3.01. The van der Waals surface area contributed by atoms with Crippen LogP contribution in [0.1, 0.15) is 43.2 Å². The van der Waals surface area contributed by atoms with Gasteiger partial charge in [-0.2, -0.15) is 0 Å². The summed E-state index contributed by atoms with van der Waals surface area (Å²) < 4.78 is 0. The van der Waals surface area contributed by atoms with Crippen LogP contribution in [0, 0.1) is 5.92 Å². The number of hydrogen-bond donors (Lipinski definition) is 1. The molecule has 0 heterocycles. The average Bonchev–Trinajstić information content (AvgIpc) is 3.02. The van der Waals surface area contributed by atoms with Gasteiger partial charge in [-0.05, 0) is 42.7 Å². The van der Waals surface area contributed by atoms with Crippen LogP contribution in [0.25, 0.3) is 0 Å². The molecule has 3 rings (SSSR count). The molecule has 15 heavy (non-hydrogen) atoms. The van der Waals surface area contributed by atoms with E-state index in [2.05, 4.69) is 24.3 Å². The van der Waals surface area contributed by atoms with Crippen LogP contribution in [-0.4, -0.2) is 5.11 Å². The van der Waals surface area contributed by atoms with Crippen molar-refractivity contribution in [1.82, 2.24) is 0 Å². The van der Waals surface area contributed by atoms with Crippen LogP contribution < -0.4 is 0 Å². The summed E-state index contributed by atoms with van der Waals surface area (Å²) in [6.07, 6.45) is 6.88. The molecule has 1 heteroatoms. The summed E-state index contributed by atoms with van der Waals surface area (Å²) >= 11 is 0. The highest BCUT2D eigenvalue weighted by Crippen LogP contribution is 2.45. The molecule has 1 aromatic rings. The van der Waals surface area contributed by atoms with Crippen molar-refractivity contribution >= 4 is 0 Å². The Hall–Kier alpha value is -0.820. The Morgan fingerprint density at radius 3 is 2.87 bits per heavy atom. The van der Waals surface area contributed by atoms with Crippen LogP contribution in [0.5, 0.6) is 0 Å². The number of benzene rings is 1. The van der Waals surface area contributed by atoms with E-state index >= 15 is 0 Å². The first kappa shape index (κ1) is 9.41. The Bertz CT molecular complexity index is 367. The second-order valence-corrected chi connectivity index (χ2v) is 5.19. The Morgan fingerprint density at radius 1 is 1.27 bits per heavy atom. The second-order valence-electron chi connectivity index (χ2n) is 5.19. The van der Waals surface area contributed by atoms with Crippen LogP contribution in [0.3, 0.4) is 0 Å². The van der Waals surface area contributed by atoms with Crippen LogP contribution in [0.15, 0.2) is 24.3 Å². The van der Waals surface area contributed by atoms with Gasteiger partial charge in [-0.15, -0.1) is 0 Å². The molecule has 1 aromatic carbocycles. The summed E-state index contributed by atoms with van der Waals surface area (Å²) in [5.74, 6) is 0.793. The molecule has 1 atom stereocenters. The third-order valence-electron chi connectivity index (χ3n) is 3.88. The Balaban J connectivity index is 1.96. The van der Waals surface area contributed by atoms with Gasteiger partial charge in [0.15, 0.2) is 0 Å². The van der Waals surface area contributed by atoms with E-state index in [9.17, 15) is 5.11 Å². The second kappa shape index (κ2) is 3.34. The van der Waals surface area contributed by atoms with Gasteiger partial charge in [-0.3, -0.25) is 0 Å². The number of hydrogen-bond acceptors (Lipinski definition) is 1. The quantitative estimate of drug-likeness (QED) is 0.781. The smallest absolute Gasteiger partial charge is 0.0902 e. The number of fused-ring (bicyclic) bond motifs is 1. The van der Waals surface area contributed by atoms with Crippen molar-refractivity contribution in [2.24, 2.45) is 5.92 Å². The predicted molar refractivity (Wildman–Crippen MR) is 60.6 cm³/mol. The van der Waals surface area contributed by atoms with E-state index < -0.39 is 5.60 Å². The van der Waals surface area contributed by atoms with Crippen LogP contribution >= 0.6 is 0 Å². The topological polar surface area (TPSA) is 20.2 Å². The maximum Gasteiger partial charge on any atom is 0.0902 e. The molecule has 1 unspecified atom stereocenters. The molecule has 1 N–H and O–H groups in total. The highest BCUT2D eigenvalue weighted by molar-refractivity contribution is 5.34. The van der Waals surface area contributed by atoms with Crippen molar-refractivity contribution in [2.75, 3.05) is 0 Å². The molecule has 1 fully saturated rings. The van der Waals surface area contributed by atoms with E-state index in [4.69, 9.17) is 0 Å². The van der Waals surface area contributed by atoms with Crippen molar-refractivity contribution in [1.29, 1.82) is 0 Å². The van der Waals surface area contributed by atoms with Crippen LogP contribution in [0.4, 0.5) is 0 Å². The van der Waals surface area contributed by atoms with Gasteiger partial charge in [0.05, 0.1) is 5.60 Å². The summed E-state index contributed by atoms with van der Waals surface area (Å²) in [6.45, 7) is 0. The average molecular weight is 202 g/mol. The molecule has 1 nitrogen and oxygen atoms in total. The largest absolute Gasteiger partial charge is 0.385 e. The molecular weight excluding hydrogens is 184 g/mol. The number of aliphatic hydroxyl groups is 1. The van der Waals surface area contributed by atoms with E-state index in [1.165, 1.54) is 24.0 Å². The zero-order valence-corrected chi connectivity index (χ0v) is 9.08. The maximum atomic E-state index is 10.7. The van der Waals surface area contributed by atoms with Crippen molar-refractivity contribution in [2.45, 2.75) is 44.1 Å². The summed E-state index contributed by atoms with van der Waals surface area (Å²) in [5.41, 5.74) is 2.07. The first-order valence-electron chi connectivity index (χ1n) is 6.09. The summed E-state index contributed by atoms with van der Waals surface area (Å²) in [5, 5.41) is 10.7. The van der Waals surface area contributed by atoms with Gasteiger partial charge in [-0.25, -0.2) is 0 Å². The van der Waals surface area contributed by atoms with Gasteiger partial charge < -0.3 is 5.11 Å². The molecule has 0 saturated heterocycles. The fourth-order valence-electron chi connectivity index (χ4n) is 2.91. The molecule has 0 aliphatic heterocycles. The monoisotopic (exact) mass is 202 g/mol. The normalized spacial score (nSPS) is 29.9. The molecule has 2 aliphatic carbocycles. The molecule has 0 aromatic heterocycles. The highest BCUT2D eigenvalue weighted by atomic mass is 16.3. The fourth-order valence-corrected chi connectivity index (χ4v) is 2.91. The van der Waals surface area contributed by atoms with E-state index in [0.717, 1.165) is 31.6 Å². The molecule has 0 bridgehead atoms. The number of aryl methyl sites for hydroxylation is 1. The standard InChI is InChI=1S/C14H18O/c15-14(10-11-7-8-11)9-3-5-12-4-1-2-6-13(12)14/h1-2,4,6,11,15H,3,5,7-10H2. The van der Waals surface area contributed by atoms with Crippen molar-refractivity contribution < 1.29 is 5.11 Å². The van der Waals surface area contributed by atoms with Gasteiger partial charge in [0.2, 0.25) is 0 Å². The Morgan fingerprint density at radius 2 is 2.07 bits per heavy atom. The van der Waals surface area contributed by atoms with Crippen molar-refractivity contribution in [3.63, 3.8) is 0 Å². The van der Waals surface area contributed by atoms with Crippen LogP contribution in [0.2, 0.25) is 0 Å². The molecule has 0 radical (unpaired) electrons. The van der Waals surface area contributed by atoms with Gasteiger partial charge >= 0.3 is 0 Å². The van der Waals surface area contributed by atoms with E-state index in [0.29, 0.717) is 0 Å². The van der Waals surface area contributed by atoms with Gasteiger partial charge in [-0.1, -0.05) is 37.1 Å². The Kier molecular flexibility index (Phi) is 2.10. The van der Waals surface area contributed by atoms with Crippen LogP contribution in [-0.2, 0) is 12.0 Å². The first-order chi connectivity index (χ1) is 7.28. The minimum Gasteiger partial charge on any atom is -0.385 e. The summed E-state index contributed by atoms with van der Waals surface area (Å²) in [7, 11) is 0. The summed E-state index contributed by atoms with van der Waals surface area (Å²) in [6, 6.07) is 8.44. The minimum absolute atomic E-state index is 0.504. The molecule has 0 amide bonds. The van der Waals surface area contributed by atoms with Gasteiger partial charge in [0.1, 0.15) is 0 Å². The third kappa shape index (κ3) is 1.69. The minimum atomic E-state index is -0.504. The molecule has 2 aliphatic rings. The first-order valence-corrected chi connectivity index (χ1v) is 6.09. The lowest BCUT2D eigenvalue weighted by atomic mass is 9.76. The lowest BCUT2D eigenvalue weighted by molar-refractivity contribution is 0.00467.